The zero-order valence-corrected chi connectivity index (χ0v) is 14.8. The fourth-order valence-corrected chi connectivity index (χ4v) is 2.63. The number of allylic oxidation sites excluding steroid dienone is 3. The molecule has 0 bridgehead atoms. The maximum atomic E-state index is 5.58. The molecule has 4 nitrogen and oxygen atoms in total. The first-order chi connectivity index (χ1) is 12.7. The molecular formula is C22H19N3O. The predicted octanol–water partition coefficient (Wildman–Crippen LogP) is 5.15. The second-order valence-corrected chi connectivity index (χ2v) is 5.67. The molecule has 4 heteroatoms. The van der Waals surface area contributed by atoms with E-state index in [0.29, 0.717) is 17.9 Å². The molecule has 0 aliphatic carbocycles. The lowest BCUT2D eigenvalue weighted by Gasteiger charge is -2.04. The quantitative estimate of drug-likeness (QED) is 0.366. The third-order valence-corrected chi connectivity index (χ3v) is 3.98. The molecular weight excluding hydrogens is 322 g/mol. The number of fused-ring (bicyclic) bond motifs is 1. The zero-order chi connectivity index (χ0) is 18.4. The van der Waals surface area contributed by atoms with E-state index in [1.807, 2.05) is 56.3 Å². The monoisotopic (exact) mass is 341 g/mol. The molecule has 0 fully saturated rings. The first kappa shape index (κ1) is 17.4. The van der Waals surface area contributed by atoms with E-state index in [-0.39, 0.29) is 0 Å². The van der Waals surface area contributed by atoms with E-state index in [0.717, 1.165) is 27.8 Å². The number of benzene rings is 1. The Morgan fingerprint density at radius 1 is 1.27 bits per heavy atom. The fourth-order valence-electron chi connectivity index (χ4n) is 2.63. The number of furan rings is 1. The smallest absolute Gasteiger partial charge is 0.175 e. The molecule has 26 heavy (non-hydrogen) atoms. The lowest BCUT2D eigenvalue weighted by molar-refractivity contribution is 0.615. The summed E-state index contributed by atoms with van der Waals surface area (Å²) in [6, 6.07) is 7.96. The molecule has 0 N–H and O–H groups in total. The molecule has 0 aliphatic heterocycles. The second-order valence-electron chi connectivity index (χ2n) is 5.67. The van der Waals surface area contributed by atoms with Gasteiger partial charge in [-0.1, -0.05) is 36.4 Å². The van der Waals surface area contributed by atoms with Crippen molar-refractivity contribution < 1.29 is 4.42 Å². The minimum atomic E-state index is 0.405. The highest BCUT2D eigenvalue weighted by molar-refractivity contribution is 6.03. The first-order valence-corrected chi connectivity index (χ1v) is 8.32. The number of hydrogen-bond acceptors (Lipinski definition) is 4. The van der Waals surface area contributed by atoms with Crippen molar-refractivity contribution in [3.05, 3.63) is 71.9 Å². The molecule has 0 aliphatic rings. The minimum Gasteiger partial charge on any atom is -0.464 e. The van der Waals surface area contributed by atoms with E-state index in [4.69, 9.17) is 10.8 Å². The number of nitrogens with zero attached hydrogens (tertiary/aromatic N) is 3. The Labute approximate surface area is 153 Å². The largest absolute Gasteiger partial charge is 0.464 e. The number of rotatable bonds is 5. The van der Waals surface area contributed by atoms with Crippen LogP contribution in [0.3, 0.4) is 0 Å². The van der Waals surface area contributed by atoms with Crippen LogP contribution in [0.2, 0.25) is 0 Å². The summed E-state index contributed by atoms with van der Waals surface area (Å²) >= 11 is 0. The van der Waals surface area contributed by atoms with Crippen LogP contribution in [-0.4, -0.2) is 15.7 Å². The van der Waals surface area contributed by atoms with Gasteiger partial charge in [0.2, 0.25) is 0 Å². The van der Waals surface area contributed by atoms with Crippen LogP contribution in [0, 0.1) is 12.3 Å². The maximum absolute atomic E-state index is 5.58. The number of hydrogen-bond donors (Lipinski definition) is 0. The molecule has 2 aromatic heterocycles. The van der Waals surface area contributed by atoms with Crippen LogP contribution in [0.15, 0.2) is 70.1 Å². The van der Waals surface area contributed by atoms with Gasteiger partial charge >= 0.3 is 0 Å². The Morgan fingerprint density at radius 2 is 2.08 bits per heavy atom. The Morgan fingerprint density at radius 3 is 2.88 bits per heavy atom. The Bertz CT molecular complexity index is 1050. The van der Waals surface area contributed by atoms with Gasteiger partial charge in [0.1, 0.15) is 5.58 Å². The first-order valence-electron chi connectivity index (χ1n) is 8.32. The van der Waals surface area contributed by atoms with Crippen LogP contribution in [0.5, 0.6) is 0 Å². The summed E-state index contributed by atoms with van der Waals surface area (Å²) in [6.07, 6.45) is 16.9. The SMILES string of the molecule is C#CCc1nccnc1N=C(C)C(/C=C\c1coc2ccccc12)=C/C. The van der Waals surface area contributed by atoms with Gasteiger partial charge in [-0.25, -0.2) is 9.98 Å². The van der Waals surface area contributed by atoms with Crippen molar-refractivity contribution in [1.82, 2.24) is 9.97 Å². The number of aliphatic imine (C=N–C) groups is 1. The van der Waals surface area contributed by atoms with Crippen molar-refractivity contribution in [2.75, 3.05) is 0 Å². The van der Waals surface area contributed by atoms with Gasteiger partial charge in [0.05, 0.1) is 18.4 Å². The highest BCUT2D eigenvalue weighted by Gasteiger charge is 2.06. The van der Waals surface area contributed by atoms with Gasteiger partial charge in [-0.05, 0) is 25.5 Å². The van der Waals surface area contributed by atoms with Gasteiger partial charge in [0.25, 0.3) is 0 Å². The molecule has 0 saturated carbocycles. The average molecular weight is 341 g/mol. The number of para-hydroxylation sites is 1. The third kappa shape index (κ3) is 3.79. The van der Waals surface area contributed by atoms with Gasteiger partial charge < -0.3 is 4.42 Å². The van der Waals surface area contributed by atoms with Crippen LogP contribution in [0.25, 0.3) is 17.0 Å². The predicted molar refractivity (Wildman–Crippen MR) is 106 cm³/mol. The molecule has 0 amide bonds. The lowest BCUT2D eigenvalue weighted by atomic mass is 10.1. The number of terminal acetylenes is 1. The van der Waals surface area contributed by atoms with Gasteiger partial charge in [0.15, 0.2) is 5.82 Å². The van der Waals surface area contributed by atoms with E-state index in [2.05, 4.69) is 20.9 Å². The zero-order valence-electron chi connectivity index (χ0n) is 14.8. The van der Waals surface area contributed by atoms with Crippen molar-refractivity contribution >= 4 is 28.6 Å². The van der Waals surface area contributed by atoms with Crippen molar-refractivity contribution in [1.29, 1.82) is 0 Å². The fraction of sp³-hybridized carbons (Fsp3) is 0.136. The summed E-state index contributed by atoms with van der Waals surface area (Å²) in [6.45, 7) is 3.92. The molecule has 0 unspecified atom stereocenters. The summed E-state index contributed by atoms with van der Waals surface area (Å²) in [7, 11) is 0. The van der Waals surface area contributed by atoms with Crippen LogP contribution in [0.4, 0.5) is 5.82 Å². The molecule has 0 saturated heterocycles. The van der Waals surface area contributed by atoms with Gasteiger partial charge in [-0.15, -0.1) is 12.3 Å². The average Bonchev–Trinajstić information content (AvgIpc) is 3.07. The summed E-state index contributed by atoms with van der Waals surface area (Å²) in [5, 5.41) is 1.08. The Balaban J connectivity index is 1.88. The summed E-state index contributed by atoms with van der Waals surface area (Å²) < 4.78 is 5.58. The van der Waals surface area contributed by atoms with E-state index in [9.17, 15) is 0 Å². The molecule has 0 radical (unpaired) electrons. The molecule has 0 spiro atoms. The molecule has 0 atom stereocenters. The topological polar surface area (TPSA) is 51.3 Å². The molecule has 3 aromatic rings. The van der Waals surface area contributed by atoms with Crippen molar-refractivity contribution in [2.24, 2.45) is 4.99 Å². The molecule has 2 heterocycles. The van der Waals surface area contributed by atoms with Crippen molar-refractivity contribution in [3.63, 3.8) is 0 Å². The summed E-state index contributed by atoms with van der Waals surface area (Å²) in [4.78, 5) is 13.2. The van der Waals surface area contributed by atoms with Crippen molar-refractivity contribution in [2.45, 2.75) is 20.3 Å². The Kier molecular flexibility index (Phi) is 5.40. The van der Waals surface area contributed by atoms with E-state index >= 15 is 0 Å². The highest BCUT2D eigenvalue weighted by atomic mass is 16.3. The maximum Gasteiger partial charge on any atom is 0.175 e. The van der Waals surface area contributed by atoms with Crippen LogP contribution < -0.4 is 0 Å². The normalized spacial score (nSPS) is 12.7. The van der Waals surface area contributed by atoms with Crippen LogP contribution >= 0.6 is 0 Å². The van der Waals surface area contributed by atoms with E-state index in [1.165, 1.54) is 0 Å². The van der Waals surface area contributed by atoms with Gasteiger partial charge in [-0.3, -0.25) is 4.98 Å². The second kappa shape index (κ2) is 8.09. The van der Waals surface area contributed by atoms with Gasteiger partial charge in [-0.2, -0.15) is 0 Å². The summed E-state index contributed by atoms with van der Waals surface area (Å²) in [5.74, 6) is 3.15. The van der Waals surface area contributed by atoms with Crippen molar-refractivity contribution in [3.8, 4) is 12.3 Å². The Hall–Kier alpha value is -3.45. The summed E-state index contributed by atoms with van der Waals surface area (Å²) in [5.41, 5.74) is 4.44. The van der Waals surface area contributed by atoms with E-state index in [1.54, 1.807) is 18.7 Å². The molecule has 1 aromatic carbocycles. The standard InChI is InChI=1S/C22H19N3O/c1-4-8-20-22(24-14-13-23-20)25-16(3)17(5-2)11-12-18-15-26-21-10-7-6-9-19(18)21/h1,5-7,9-15H,8H2,2-3H3/b12-11-,17-5+,25-16?. The minimum absolute atomic E-state index is 0.405. The molecule has 3 rings (SSSR count). The number of aromatic nitrogens is 2. The van der Waals surface area contributed by atoms with Crippen LogP contribution in [0.1, 0.15) is 25.1 Å². The van der Waals surface area contributed by atoms with E-state index < -0.39 is 0 Å². The molecule has 128 valence electrons. The lowest BCUT2D eigenvalue weighted by Crippen LogP contribution is -1.97. The third-order valence-electron chi connectivity index (χ3n) is 3.98. The van der Waals surface area contributed by atoms with Crippen LogP contribution in [-0.2, 0) is 6.42 Å². The highest BCUT2D eigenvalue weighted by Crippen LogP contribution is 2.23. The van der Waals surface area contributed by atoms with Gasteiger partial charge in [0, 0.05) is 29.1 Å².